The van der Waals surface area contributed by atoms with Crippen LogP contribution in [0.3, 0.4) is 0 Å². The van der Waals surface area contributed by atoms with Gasteiger partial charge in [-0.2, -0.15) is 4.98 Å². The first-order valence-electron chi connectivity index (χ1n) is 10.3. The van der Waals surface area contributed by atoms with Crippen LogP contribution in [0, 0.1) is 0 Å². The van der Waals surface area contributed by atoms with Crippen LogP contribution in [0.15, 0.2) is 23.5 Å². The molecule has 0 saturated carbocycles. The average molecular weight is 443 g/mol. The Labute approximate surface area is 185 Å². The number of carbonyl (C=O) groups is 1. The van der Waals surface area contributed by atoms with Crippen molar-refractivity contribution < 1.29 is 19.0 Å². The fourth-order valence-corrected chi connectivity index (χ4v) is 4.71. The molecule has 0 saturated heterocycles. The summed E-state index contributed by atoms with van der Waals surface area (Å²) >= 11 is 1.62. The number of methoxy groups -OCH3 is 3. The van der Waals surface area contributed by atoms with Gasteiger partial charge in [0.15, 0.2) is 17.3 Å². The highest BCUT2D eigenvalue weighted by atomic mass is 32.2. The minimum absolute atomic E-state index is 0.0371. The quantitative estimate of drug-likeness (QED) is 0.383. The second kappa shape index (κ2) is 9.13. The summed E-state index contributed by atoms with van der Waals surface area (Å²) in [4.78, 5) is 22.2. The van der Waals surface area contributed by atoms with Crippen LogP contribution in [-0.2, 0) is 6.42 Å². The summed E-state index contributed by atoms with van der Waals surface area (Å²) in [5, 5.41) is 5.17. The topological polar surface area (TPSA) is 87.8 Å². The molecule has 9 heteroatoms. The number of Topliss-reactive ketones (excluding diaryl/α,β-unsaturated/α-hetero) is 1. The smallest absolute Gasteiger partial charge is 0.253 e. The predicted octanol–water partition coefficient (Wildman–Crippen LogP) is 3.96. The summed E-state index contributed by atoms with van der Waals surface area (Å²) in [5.74, 6) is 3.18. The largest absolute Gasteiger partial charge is 0.493 e. The van der Waals surface area contributed by atoms with Crippen LogP contribution in [0.25, 0.3) is 5.78 Å². The summed E-state index contributed by atoms with van der Waals surface area (Å²) in [5.41, 5.74) is 2.32. The fourth-order valence-electron chi connectivity index (χ4n) is 3.81. The second-order valence-corrected chi connectivity index (χ2v) is 8.49. The van der Waals surface area contributed by atoms with Gasteiger partial charge in [-0.15, -0.1) is 5.10 Å². The number of hydrogen-bond donors (Lipinski definition) is 0. The normalized spacial score (nSPS) is 15.7. The van der Waals surface area contributed by atoms with Crippen molar-refractivity contribution in [3.05, 3.63) is 35.2 Å². The lowest BCUT2D eigenvalue weighted by Crippen LogP contribution is -2.21. The van der Waals surface area contributed by atoms with E-state index in [1.54, 1.807) is 43.8 Å². The first-order chi connectivity index (χ1) is 15.1. The number of aromatic nitrogens is 4. The lowest BCUT2D eigenvalue weighted by molar-refractivity contribution is 0.0962. The van der Waals surface area contributed by atoms with E-state index in [0.717, 1.165) is 29.9 Å². The van der Waals surface area contributed by atoms with E-state index in [1.807, 2.05) is 12.1 Å². The van der Waals surface area contributed by atoms with Crippen LogP contribution < -0.4 is 14.2 Å². The molecule has 1 aliphatic carbocycles. The van der Waals surface area contributed by atoms with Crippen molar-refractivity contribution >= 4 is 23.3 Å². The summed E-state index contributed by atoms with van der Waals surface area (Å²) < 4.78 is 18.0. The molecule has 0 amide bonds. The Morgan fingerprint density at radius 3 is 2.48 bits per heavy atom. The third-order valence-electron chi connectivity index (χ3n) is 5.45. The predicted molar refractivity (Wildman–Crippen MR) is 118 cm³/mol. The van der Waals surface area contributed by atoms with Crippen LogP contribution >= 0.6 is 11.8 Å². The van der Waals surface area contributed by atoms with E-state index in [4.69, 9.17) is 14.2 Å². The van der Waals surface area contributed by atoms with E-state index in [2.05, 4.69) is 22.0 Å². The molecule has 0 spiro atoms. The highest BCUT2D eigenvalue weighted by Crippen LogP contribution is 2.42. The van der Waals surface area contributed by atoms with E-state index in [0.29, 0.717) is 46.6 Å². The van der Waals surface area contributed by atoms with E-state index in [1.165, 1.54) is 0 Å². The summed E-state index contributed by atoms with van der Waals surface area (Å²) in [7, 11) is 4.74. The van der Waals surface area contributed by atoms with Gasteiger partial charge in [0.1, 0.15) is 0 Å². The molecule has 8 nitrogen and oxygen atoms in total. The van der Waals surface area contributed by atoms with Crippen molar-refractivity contribution in [2.45, 2.75) is 43.7 Å². The molecule has 4 rings (SSSR count). The number of unbranched alkanes of at least 4 members (excludes halogenated alkanes) is 1. The van der Waals surface area contributed by atoms with Crippen molar-refractivity contribution in [2.24, 2.45) is 0 Å². The first kappa shape index (κ1) is 21.4. The second-order valence-electron chi connectivity index (χ2n) is 7.43. The Morgan fingerprint density at radius 1 is 1.10 bits per heavy atom. The van der Waals surface area contributed by atoms with Crippen LogP contribution in [-0.4, -0.2) is 52.4 Å². The molecule has 0 radical (unpaired) electrons. The molecule has 1 atom stereocenters. The molecule has 1 aliphatic rings. The monoisotopic (exact) mass is 442 g/mol. The van der Waals surface area contributed by atoms with E-state index < -0.39 is 0 Å². The highest BCUT2D eigenvalue weighted by molar-refractivity contribution is 7.99. The van der Waals surface area contributed by atoms with Crippen molar-refractivity contribution in [3.63, 3.8) is 0 Å². The van der Waals surface area contributed by atoms with Gasteiger partial charge in [-0.05, 0) is 36.5 Å². The number of fused-ring (bicyclic) bond motifs is 2. The van der Waals surface area contributed by atoms with Crippen LogP contribution in [0.1, 0.15) is 53.7 Å². The molecule has 2 heterocycles. The van der Waals surface area contributed by atoms with E-state index in [9.17, 15) is 4.79 Å². The van der Waals surface area contributed by atoms with Gasteiger partial charge in [0.25, 0.3) is 5.78 Å². The SMILES string of the molecule is CCCCSc1nc2nc3c(cn2n1)C(=O)C[C@@H](c1cc(OC)c(OC)c(OC)c1)C3. The Balaban J connectivity index is 1.66. The lowest BCUT2D eigenvalue weighted by Gasteiger charge is -2.24. The maximum Gasteiger partial charge on any atom is 0.253 e. The lowest BCUT2D eigenvalue weighted by atomic mass is 9.82. The third-order valence-corrected chi connectivity index (χ3v) is 6.37. The molecule has 0 N–H and O–H groups in total. The number of carbonyl (C=O) groups excluding carboxylic acids is 1. The molecular formula is C22H26N4O4S. The van der Waals surface area contributed by atoms with Crippen LogP contribution in [0.5, 0.6) is 17.2 Å². The molecule has 2 aromatic heterocycles. The summed E-state index contributed by atoms with van der Waals surface area (Å²) in [6, 6.07) is 3.81. The van der Waals surface area contributed by atoms with E-state index in [-0.39, 0.29) is 11.7 Å². The number of nitrogens with zero attached hydrogens (tertiary/aromatic N) is 4. The van der Waals surface area contributed by atoms with Gasteiger partial charge < -0.3 is 14.2 Å². The van der Waals surface area contributed by atoms with Gasteiger partial charge in [-0.3, -0.25) is 4.79 Å². The van der Waals surface area contributed by atoms with E-state index >= 15 is 0 Å². The zero-order valence-corrected chi connectivity index (χ0v) is 19.0. The number of benzene rings is 1. The van der Waals surface area contributed by atoms with Gasteiger partial charge >= 0.3 is 0 Å². The van der Waals surface area contributed by atoms with Crippen molar-refractivity contribution in [2.75, 3.05) is 27.1 Å². The van der Waals surface area contributed by atoms with Crippen LogP contribution in [0.2, 0.25) is 0 Å². The number of thioether (sulfide) groups is 1. The van der Waals surface area contributed by atoms with Gasteiger partial charge in [-0.1, -0.05) is 25.1 Å². The first-order valence-corrected chi connectivity index (χ1v) is 11.3. The Hall–Kier alpha value is -2.81. The van der Waals surface area contributed by atoms with Crippen molar-refractivity contribution in [1.29, 1.82) is 0 Å². The molecule has 3 aromatic rings. The fraction of sp³-hybridized carbons (Fsp3) is 0.455. The molecule has 0 aliphatic heterocycles. The maximum atomic E-state index is 13.0. The van der Waals surface area contributed by atoms with Gasteiger partial charge in [0.2, 0.25) is 10.9 Å². The zero-order chi connectivity index (χ0) is 22.0. The highest BCUT2D eigenvalue weighted by Gasteiger charge is 2.30. The number of hydrogen-bond acceptors (Lipinski definition) is 8. The molecular weight excluding hydrogens is 416 g/mol. The summed E-state index contributed by atoms with van der Waals surface area (Å²) in [6.45, 7) is 2.16. The number of ether oxygens (including phenoxy) is 3. The number of rotatable bonds is 8. The van der Waals surface area contributed by atoms with Crippen molar-refractivity contribution in [3.8, 4) is 17.2 Å². The number of ketones is 1. The maximum absolute atomic E-state index is 13.0. The third kappa shape index (κ3) is 4.19. The standard InChI is InChI=1S/C22H26N4O4S/c1-5-6-7-31-22-24-21-23-16-8-13(9-17(27)15(16)12-26(21)25-22)14-10-18(28-2)20(30-4)19(11-14)29-3/h10-13H,5-9H2,1-4H3/t13-/m0/s1. The van der Waals surface area contributed by atoms with Crippen LogP contribution in [0.4, 0.5) is 0 Å². The zero-order valence-electron chi connectivity index (χ0n) is 18.2. The van der Waals surface area contributed by atoms with Gasteiger partial charge in [-0.25, -0.2) is 9.50 Å². The molecule has 1 aromatic carbocycles. The molecule has 164 valence electrons. The molecule has 31 heavy (non-hydrogen) atoms. The molecule has 0 unspecified atom stereocenters. The average Bonchev–Trinajstić information content (AvgIpc) is 3.18. The minimum atomic E-state index is -0.0371. The van der Waals surface area contributed by atoms with Crippen molar-refractivity contribution in [1.82, 2.24) is 19.6 Å². The van der Waals surface area contributed by atoms with Gasteiger partial charge in [0, 0.05) is 18.4 Å². The Kier molecular flexibility index (Phi) is 6.31. The van der Waals surface area contributed by atoms with Gasteiger partial charge in [0.05, 0.1) is 32.6 Å². The molecule has 0 bridgehead atoms. The Bertz CT molecular complexity index is 1090. The molecule has 0 fully saturated rings. The Morgan fingerprint density at radius 2 is 1.84 bits per heavy atom. The minimum Gasteiger partial charge on any atom is -0.493 e. The summed E-state index contributed by atoms with van der Waals surface area (Å²) in [6.07, 6.45) is 5.01.